The minimum Gasteiger partial charge on any atom is -0.507 e. The summed E-state index contributed by atoms with van der Waals surface area (Å²) in [6.45, 7) is 4.87. The van der Waals surface area contributed by atoms with Crippen molar-refractivity contribution in [3.63, 3.8) is 0 Å². The Hall–Kier alpha value is -2.85. The molecule has 1 heterocycles. The predicted octanol–water partition coefficient (Wildman–Crippen LogP) is 3.94. The van der Waals surface area contributed by atoms with E-state index < -0.39 is 8.07 Å². The van der Waals surface area contributed by atoms with Crippen molar-refractivity contribution in [3.05, 3.63) is 82.6 Å². The van der Waals surface area contributed by atoms with Gasteiger partial charge < -0.3 is 10.0 Å². The summed E-state index contributed by atoms with van der Waals surface area (Å²) in [4.78, 5) is 2.16. The van der Waals surface area contributed by atoms with Gasteiger partial charge in [-0.3, -0.25) is 0 Å². The second kappa shape index (κ2) is 6.89. The van der Waals surface area contributed by atoms with E-state index in [-0.39, 0.29) is 0 Å². The molecule has 0 aromatic heterocycles. The standard InChI is InChI=1S/C25H28N2OSi/c1-26(2)17-11-13-20-23(15-17)29(5,6)24-16-18(27(3)4)12-14-21(24)25(20)19-9-7-8-10-22(19)28/h7-16H,1-6H3/p+1. The summed E-state index contributed by atoms with van der Waals surface area (Å²) in [6.07, 6.45) is 6.78. The highest BCUT2D eigenvalue weighted by Crippen LogP contribution is 2.43. The summed E-state index contributed by atoms with van der Waals surface area (Å²) in [6, 6.07) is 14.5. The maximum absolute atomic E-state index is 10.7. The average molecular weight is 402 g/mol. The lowest BCUT2D eigenvalue weighted by atomic mass is 9.89. The van der Waals surface area contributed by atoms with Crippen LogP contribution in [0, 0.1) is 0 Å². The number of hydrogen-bond donors (Lipinski definition) is 1. The molecule has 4 heteroatoms. The van der Waals surface area contributed by atoms with Gasteiger partial charge in [0.1, 0.15) is 27.9 Å². The van der Waals surface area contributed by atoms with Crippen LogP contribution in [0.3, 0.4) is 0 Å². The number of para-hydroxylation sites is 1. The molecule has 0 atom stereocenters. The Labute approximate surface area is 174 Å². The molecule has 0 spiro atoms. The Morgan fingerprint density at radius 2 is 1.66 bits per heavy atom. The second-order valence-electron chi connectivity index (χ2n) is 8.77. The maximum atomic E-state index is 10.7. The molecule has 1 aliphatic carbocycles. The van der Waals surface area contributed by atoms with Crippen LogP contribution >= 0.6 is 0 Å². The summed E-state index contributed by atoms with van der Waals surface area (Å²) in [7, 11) is 6.42. The Balaban J connectivity index is 2.11. The third kappa shape index (κ3) is 3.08. The van der Waals surface area contributed by atoms with Crippen LogP contribution in [0.1, 0.15) is 11.1 Å². The van der Waals surface area contributed by atoms with Gasteiger partial charge in [0.15, 0.2) is 5.71 Å². The van der Waals surface area contributed by atoms with Crippen LogP contribution in [-0.2, 0) is 0 Å². The number of aromatic hydroxyl groups is 1. The Bertz CT molecular complexity index is 1130. The quantitative estimate of drug-likeness (QED) is 0.609. The van der Waals surface area contributed by atoms with E-state index in [0.29, 0.717) is 5.75 Å². The fourth-order valence-corrected chi connectivity index (χ4v) is 7.43. The minimum absolute atomic E-state index is 0.328. The highest BCUT2D eigenvalue weighted by molar-refractivity contribution is 6.98. The van der Waals surface area contributed by atoms with E-state index in [2.05, 4.69) is 87.2 Å². The zero-order valence-corrected chi connectivity index (χ0v) is 19.1. The van der Waals surface area contributed by atoms with E-state index in [1.54, 1.807) is 6.07 Å². The van der Waals surface area contributed by atoms with Crippen LogP contribution in [0.5, 0.6) is 5.75 Å². The summed E-state index contributed by atoms with van der Waals surface area (Å²) in [5.41, 5.74) is 6.96. The first kappa shape index (κ1) is 19.5. The largest absolute Gasteiger partial charge is 0.507 e. The van der Waals surface area contributed by atoms with Gasteiger partial charge in [-0.25, -0.2) is 4.58 Å². The fraction of sp³-hybridized carbons (Fsp3) is 0.240. The van der Waals surface area contributed by atoms with Crippen LogP contribution < -0.4 is 10.1 Å². The fourth-order valence-electron chi connectivity index (χ4n) is 4.36. The van der Waals surface area contributed by atoms with Crippen molar-refractivity contribution in [2.45, 2.75) is 13.1 Å². The number of phenolic OH excluding ortho intramolecular Hbond substituents is 1. The third-order valence-electron chi connectivity index (χ3n) is 6.10. The van der Waals surface area contributed by atoms with Crippen molar-refractivity contribution >= 4 is 30.2 Å². The molecule has 148 valence electrons. The lowest BCUT2D eigenvalue weighted by Crippen LogP contribution is -2.49. The van der Waals surface area contributed by atoms with Crippen molar-refractivity contribution in [1.82, 2.24) is 0 Å². The van der Waals surface area contributed by atoms with Gasteiger partial charge in [0.2, 0.25) is 0 Å². The molecule has 0 unspecified atom stereocenters. The third-order valence-corrected chi connectivity index (χ3v) is 9.62. The molecule has 4 rings (SSSR count). The molecule has 2 aromatic rings. The normalized spacial score (nSPS) is 16.9. The highest BCUT2D eigenvalue weighted by atomic mass is 28.3. The molecule has 2 aromatic carbocycles. The first-order valence-electron chi connectivity index (χ1n) is 10.0. The van der Waals surface area contributed by atoms with Crippen LogP contribution in [-0.4, -0.2) is 51.7 Å². The van der Waals surface area contributed by atoms with E-state index in [9.17, 15) is 5.11 Å². The van der Waals surface area contributed by atoms with Crippen LogP contribution in [0.25, 0.3) is 5.57 Å². The van der Waals surface area contributed by atoms with E-state index in [4.69, 9.17) is 0 Å². The Morgan fingerprint density at radius 1 is 0.931 bits per heavy atom. The number of nitrogens with zero attached hydrogens (tertiary/aromatic N) is 2. The SMILES string of the molecule is CN(C)c1ccc2c(c1)[Si](C)(C)C1=CC(=[N+](C)C)C=CC1=C2c1ccccc1O. The van der Waals surface area contributed by atoms with E-state index >= 15 is 0 Å². The number of benzene rings is 2. The first-order chi connectivity index (χ1) is 13.7. The van der Waals surface area contributed by atoms with Crippen LogP contribution in [0.15, 0.2) is 71.5 Å². The molecule has 1 N–H and O–H groups in total. The average Bonchev–Trinajstić information content (AvgIpc) is 2.69. The number of rotatable bonds is 2. The number of allylic oxidation sites excluding steroid dienone is 5. The van der Waals surface area contributed by atoms with Crippen molar-refractivity contribution < 1.29 is 9.68 Å². The number of hydrogen-bond acceptors (Lipinski definition) is 2. The maximum Gasteiger partial charge on any atom is 0.199 e. The molecule has 2 aliphatic rings. The zero-order valence-electron chi connectivity index (χ0n) is 18.1. The first-order valence-corrected chi connectivity index (χ1v) is 13.0. The van der Waals surface area contributed by atoms with Crippen molar-refractivity contribution in [1.29, 1.82) is 0 Å². The van der Waals surface area contributed by atoms with Gasteiger partial charge >= 0.3 is 0 Å². The molecule has 0 amide bonds. The van der Waals surface area contributed by atoms with Crippen molar-refractivity contribution in [2.75, 3.05) is 33.1 Å². The molecule has 0 saturated heterocycles. The van der Waals surface area contributed by atoms with Gasteiger partial charge in [0.05, 0.1) is 0 Å². The van der Waals surface area contributed by atoms with Gasteiger partial charge in [-0.15, -0.1) is 0 Å². The summed E-state index contributed by atoms with van der Waals surface area (Å²) < 4.78 is 2.16. The molecule has 0 bridgehead atoms. The molecule has 0 saturated carbocycles. The lowest BCUT2D eigenvalue weighted by molar-refractivity contribution is -0.462. The topological polar surface area (TPSA) is 26.5 Å². The van der Waals surface area contributed by atoms with Crippen molar-refractivity contribution in [3.8, 4) is 5.75 Å². The predicted molar refractivity (Wildman–Crippen MR) is 126 cm³/mol. The molecule has 3 nitrogen and oxygen atoms in total. The second-order valence-corrected chi connectivity index (χ2v) is 13.1. The van der Waals surface area contributed by atoms with Gasteiger partial charge in [-0.1, -0.05) is 37.4 Å². The number of phenols is 1. The zero-order chi connectivity index (χ0) is 20.9. The van der Waals surface area contributed by atoms with E-state index in [1.165, 1.54) is 32.9 Å². The minimum atomic E-state index is -1.93. The Kier molecular flexibility index (Phi) is 4.62. The smallest absolute Gasteiger partial charge is 0.199 e. The van der Waals surface area contributed by atoms with Gasteiger partial charge in [0.25, 0.3) is 0 Å². The van der Waals surface area contributed by atoms with Gasteiger partial charge in [0, 0.05) is 37.5 Å². The summed E-state index contributed by atoms with van der Waals surface area (Å²) in [5, 5.41) is 13.5. The molecule has 0 fully saturated rings. The highest BCUT2D eigenvalue weighted by Gasteiger charge is 2.40. The van der Waals surface area contributed by atoms with Gasteiger partial charge in [-0.05, 0) is 51.4 Å². The monoisotopic (exact) mass is 401 g/mol. The number of anilines is 1. The van der Waals surface area contributed by atoms with Crippen LogP contribution in [0.4, 0.5) is 5.69 Å². The van der Waals surface area contributed by atoms with E-state index in [0.717, 1.165) is 11.1 Å². The van der Waals surface area contributed by atoms with Crippen LogP contribution in [0.2, 0.25) is 13.1 Å². The summed E-state index contributed by atoms with van der Waals surface area (Å²) >= 11 is 0. The van der Waals surface area contributed by atoms with Crippen molar-refractivity contribution in [2.24, 2.45) is 0 Å². The number of fused-ring (bicyclic) bond motifs is 2. The molecule has 0 radical (unpaired) electrons. The molecular weight excluding hydrogens is 372 g/mol. The Morgan fingerprint density at radius 3 is 2.31 bits per heavy atom. The van der Waals surface area contributed by atoms with E-state index in [1.807, 2.05) is 18.2 Å². The molecular formula is C25H29N2OSi+. The lowest BCUT2D eigenvalue weighted by Gasteiger charge is -2.38. The van der Waals surface area contributed by atoms with Gasteiger partial charge in [-0.2, -0.15) is 0 Å². The summed E-state index contributed by atoms with van der Waals surface area (Å²) in [5.74, 6) is 0.328. The molecule has 29 heavy (non-hydrogen) atoms. The molecule has 1 aliphatic heterocycles.